The SMILES string of the molecule is CCCCCCCCCCCCOc1ccc(OC(=O)c2ccc(OC(=O)c3ccc4ccc(OC(=O)c5ccc(OC(=O)c6ccc(OCCCCCCCCCCCC)cc6)cc5)c(C)c4c3)cc2)cc1. The summed E-state index contributed by atoms with van der Waals surface area (Å²) in [6, 6.07) is 34.8. The molecule has 0 unspecified atom stereocenters. The topological polar surface area (TPSA) is 124 Å². The lowest BCUT2D eigenvalue weighted by molar-refractivity contribution is 0.0719. The lowest BCUT2D eigenvalue weighted by Crippen LogP contribution is -2.11. The first kappa shape index (κ1) is 55.4. The smallest absolute Gasteiger partial charge is 0.343 e. The number of ether oxygens (including phenoxy) is 6. The van der Waals surface area contributed by atoms with Crippen LogP contribution in [0.15, 0.2) is 127 Å². The van der Waals surface area contributed by atoms with Gasteiger partial charge >= 0.3 is 23.9 Å². The Balaban J connectivity index is 0.908. The highest BCUT2D eigenvalue weighted by Crippen LogP contribution is 2.30. The van der Waals surface area contributed by atoms with Crippen molar-refractivity contribution >= 4 is 34.6 Å². The number of hydrogen-bond donors (Lipinski definition) is 0. The van der Waals surface area contributed by atoms with Crippen LogP contribution in [0.1, 0.15) is 189 Å². The van der Waals surface area contributed by atoms with Gasteiger partial charge in [0.2, 0.25) is 0 Å². The Labute approximate surface area is 432 Å². The van der Waals surface area contributed by atoms with Gasteiger partial charge in [0.1, 0.15) is 34.5 Å². The summed E-state index contributed by atoms with van der Waals surface area (Å²) in [5, 5.41) is 1.53. The van der Waals surface area contributed by atoms with Gasteiger partial charge in [-0.2, -0.15) is 0 Å². The van der Waals surface area contributed by atoms with Crippen molar-refractivity contribution in [1.82, 2.24) is 0 Å². The summed E-state index contributed by atoms with van der Waals surface area (Å²) in [6.45, 7) is 7.59. The molecule has 0 aliphatic rings. The molecule has 0 fully saturated rings. The van der Waals surface area contributed by atoms with Crippen molar-refractivity contribution < 1.29 is 47.6 Å². The van der Waals surface area contributed by atoms with Gasteiger partial charge in [-0.15, -0.1) is 0 Å². The monoisotopic (exact) mass is 991 g/mol. The van der Waals surface area contributed by atoms with E-state index in [-0.39, 0.29) is 22.6 Å². The molecule has 6 aromatic rings. The van der Waals surface area contributed by atoms with Crippen molar-refractivity contribution in [2.75, 3.05) is 13.2 Å². The third-order valence-corrected chi connectivity index (χ3v) is 12.9. The molecule has 0 saturated heterocycles. The van der Waals surface area contributed by atoms with Crippen LogP contribution in [-0.4, -0.2) is 37.1 Å². The highest BCUT2D eigenvalue weighted by Gasteiger charge is 2.17. The minimum absolute atomic E-state index is 0.250. The van der Waals surface area contributed by atoms with Crippen LogP contribution in [0.3, 0.4) is 0 Å². The molecule has 0 amide bonds. The number of rotatable bonds is 32. The quantitative estimate of drug-likeness (QED) is 0.0229. The van der Waals surface area contributed by atoms with Crippen LogP contribution in [0.2, 0.25) is 0 Å². The van der Waals surface area contributed by atoms with Gasteiger partial charge in [0, 0.05) is 0 Å². The first-order valence-electron chi connectivity index (χ1n) is 26.8. The zero-order valence-electron chi connectivity index (χ0n) is 43.3. The molecule has 0 radical (unpaired) electrons. The normalized spacial score (nSPS) is 11.0. The van der Waals surface area contributed by atoms with E-state index < -0.39 is 23.9 Å². The number of benzene rings is 6. The molecule has 6 rings (SSSR count). The van der Waals surface area contributed by atoms with Crippen molar-refractivity contribution in [2.45, 2.75) is 149 Å². The van der Waals surface area contributed by atoms with E-state index in [0.29, 0.717) is 52.5 Å². The Morgan fingerprint density at radius 3 is 1.04 bits per heavy atom. The standard InChI is InChI=1S/C63H74O10/c1-4-6-8-10-12-14-16-18-20-22-44-68-53-33-26-49(27-34-53)60(64)70-55-37-30-51(31-38-55)62(66)73-59-43-32-48-24-25-52(46-58(48)47(59)3)63(67)72-56-35-28-50(29-36-56)61(65)71-57-41-39-54(40-42-57)69-45-23-21-19-17-15-13-11-9-7-5-2/h24-43,46H,4-23,44-45H2,1-3H3. The molecule has 0 aromatic heterocycles. The Bertz CT molecular complexity index is 2620. The second kappa shape index (κ2) is 30.8. The minimum Gasteiger partial charge on any atom is -0.494 e. The van der Waals surface area contributed by atoms with Crippen LogP contribution in [0, 0.1) is 6.92 Å². The maximum absolute atomic E-state index is 13.3. The van der Waals surface area contributed by atoms with Crippen LogP contribution in [0.25, 0.3) is 10.8 Å². The summed E-state index contributed by atoms with van der Waals surface area (Å²) in [5.41, 5.74) is 1.86. The van der Waals surface area contributed by atoms with Gasteiger partial charge in [0.05, 0.1) is 35.5 Å². The van der Waals surface area contributed by atoms with E-state index in [9.17, 15) is 19.2 Å². The lowest BCUT2D eigenvalue weighted by atomic mass is 10.0. The number of unbranched alkanes of at least 4 members (excludes halogenated alkanes) is 18. The Morgan fingerprint density at radius 2 is 0.630 bits per heavy atom. The number of hydrogen-bond acceptors (Lipinski definition) is 10. The van der Waals surface area contributed by atoms with Gasteiger partial charge in [-0.1, -0.05) is 142 Å². The fourth-order valence-electron chi connectivity index (χ4n) is 8.51. The van der Waals surface area contributed by atoms with Crippen molar-refractivity contribution in [3.05, 3.63) is 155 Å². The van der Waals surface area contributed by atoms with E-state index in [1.165, 1.54) is 151 Å². The molecule has 0 N–H and O–H groups in total. The fourth-order valence-corrected chi connectivity index (χ4v) is 8.51. The van der Waals surface area contributed by atoms with E-state index in [2.05, 4.69) is 13.8 Å². The van der Waals surface area contributed by atoms with E-state index in [1.54, 1.807) is 85.8 Å². The lowest BCUT2D eigenvalue weighted by Gasteiger charge is -2.12. The molecular formula is C63H74O10. The first-order valence-corrected chi connectivity index (χ1v) is 26.8. The third kappa shape index (κ3) is 18.9. The van der Waals surface area contributed by atoms with Crippen LogP contribution < -0.4 is 28.4 Å². The molecule has 0 spiro atoms. The molecule has 73 heavy (non-hydrogen) atoms. The molecular weight excluding hydrogens is 917 g/mol. The summed E-state index contributed by atoms with van der Waals surface area (Å²) in [4.78, 5) is 52.4. The van der Waals surface area contributed by atoms with Crippen LogP contribution in [-0.2, 0) is 0 Å². The van der Waals surface area contributed by atoms with Crippen LogP contribution in [0.5, 0.6) is 34.5 Å². The van der Waals surface area contributed by atoms with Gasteiger partial charge in [-0.25, -0.2) is 19.2 Å². The molecule has 0 aliphatic carbocycles. The Morgan fingerprint density at radius 1 is 0.329 bits per heavy atom. The average Bonchev–Trinajstić information content (AvgIpc) is 3.41. The van der Waals surface area contributed by atoms with Crippen molar-refractivity contribution in [1.29, 1.82) is 0 Å². The predicted molar refractivity (Wildman–Crippen MR) is 289 cm³/mol. The van der Waals surface area contributed by atoms with E-state index >= 15 is 0 Å². The molecule has 0 atom stereocenters. The fraction of sp³-hybridized carbons (Fsp3) is 0.397. The Kier molecular flexibility index (Phi) is 23.4. The molecule has 10 heteroatoms. The summed E-state index contributed by atoms with van der Waals surface area (Å²) in [5.74, 6) is 0.396. The Hall–Kier alpha value is -6.94. The summed E-state index contributed by atoms with van der Waals surface area (Å²) >= 11 is 0. The van der Waals surface area contributed by atoms with Crippen LogP contribution in [0.4, 0.5) is 0 Å². The van der Waals surface area contributed by atoms with Gasteiger partial charge in [-0.05, 0) is 151 Å². The van der Waals surface area contributed by atoms with Crippen molar-refractivity contribution in [2.24, 2.45) is 0 Å². The molecule has 0 bridgehead atoms. The first-order chi connectivity index (χ1) is 35.7. The number of carbonyl (C=O) groups is 4. The number of fused-ring (bicyclic) bond motifs is 1. The maximum Gasteiger partial charge on any atom is 0.343 e. The van der Waals surface area contributed by atoms with Gasteiger partial charge in [-0.3, -0.25) is 0 Å². The molecule has 10 nitrogen and oxygen atoms in total. The predicted octanol–water partition coefficient (Wildman–Crippen LogP) is 16.6. The molecule has 6 aromatic carbocycles. The van der Waals surface area contributed by atoms with Gasteiger partial charge in [0.15, 0.2) is 0 Å². The van der Waals surface area contributed by atoms with Gasteiger partial charge in [0.25, 0.3) is 0 Å². The van der Waals surface area contributed by atoms with Crippen molar-refractivity contribution in [3.8, 4) is 34.5 Å². The molecule has 0 saturated carbocycles. The molecule has 0 heterocycles. The second-order valence-corrected chi connectivity index (χ2v) is 18.8. The summed E-state index contributed by atoms with van der Waals surface area (Å²) in [7, 11) is 0. The zero-order valence-corrected chi connectivity index (χ0v) is 43.3. The highest BCUT2D eigenvalue weighted by molar-refractivity contribution is 5.99. The van der Waals surface area contributed by atoms with Gasteiger partial charge < -0.3 is 28.4 Å². The van der Waals surface area contributed by atoms with Crippen molar-refractivity contribution in [3.63, 3.8) is 0 Å². The van der Waals surface area contributed by atoms with Crippen LogP contribution >= 0.6 is 0 Å². The number of carbonyl (C=O) groups excluding carboxylic acids is 4. The zero-order chi connectivity index (χ0) is 51.5. The highest BCUT2D eigenvalue weighted by atomic mass is 16.5. The average molecular weight is 991 g/mol. The number of esters is 4. The summed E-state index contributed by atoms with van der Waals surface area (Å²) < 4.78 is 34.4. The van der Waals surface area contributed by atoms with E-state index in [4.69, 9.17) is 28.4 Å². The number of aryl methyl sites for hydroxylation is 1. The minimum atomic E-state index is -0.603. The summed E-state index contributed by atoms with van der Waals surface area (Å²) in [6.07, 6.45) is 25.3. The van der Waals surface area contributed by atoms with E-state index in [0.717, 1.165) is 36.8 Å². The largest absolute Gasteiger partial charge is 0.494 e. The van der Waals surface area contributed by atoms with E-state index in [1.807, 2.05) is 0 Å². The molecule has 0 aliphatic heterocycles. The second-order valence-electron chi connectivity index (χ2n) is 18.8. The third-order valence-electron chi connectivity index (χ3n) is 12.9. The maximum atomic E-state index is 13.3. The molecule has 386 valence electrons.